The van der Waals surface area contributed by atoms with Gasteiger partial charge in [0.05, 0.1) is 0 Å². The molecule has 0 radical (unpaired) electrons. The second-order valence-electron chi connectivity index (χ2n) is 4.23. The molecule has 0 unspecified atom stereocenters. The number of ketones is 1. The summed E-state index contributed by atoms with van der Waals surface area (Å²) in [6, 6.07) is 0. The molecule has 90 valence electrons. The lowest BCUT2D eigenvalue weighted by molar-refractivity contribution is -0.156. The Labute approximate surface area is 93.5 Å². The van der Waals surface area contributed by atoms with Gasteiger partial charge < -0.3 is 10.2 Å². The van der Waals surface area contributed by atoms with E-state index in [9.17, 15) is 14.4 Å². The van der Waals surface area contributed by atoms with Gasteiger partial charge in [0.25, 0.3) is 0 Å². The lowest BCUT2D eigenvalue weighted by Gasteiger charge is -2.20. The van der Waals surface area contributed by atoms with Crippen molar-refractivity contribution in [2.45, 2.75) is 38.5 Å². The minimum Gasteiger partial charge on any atom is -0.481 e. The molecule has 0 aromatic rings. The van der Waals surface area contributed by atoms with Crippen LogP contribution in [0.5, 0.6) is 0 Å². The van der Waals surface area contributed by atoms with E-state index >= 15 is 0 Å². The van der Waals surface area contributed by atoms with Gasteiger partial charge in [0.15, 0.2) is 5.92 Å². The highest BCUT2D eigenvalue weighted by atomic mass is 16.4. The van der Waals surface area contributed by atoms with Crippen LogP contribution in [0.2, 0.25) is 0 Å². The lowest BCUT2D eigenvalue weighted by Crippen LogP contribution is -2.29. The van der Waals surface area contributed by atoms with Crippen molar-refractivity contribution in [2.24, 2.45) is 11.8 Å². The third-order valence-corrected chi connectivity index (χ3v) is 3.06. The summed E-state index contributed by atoms with van der Waals surface area (Å²) >= 11 is 0. The fourth-order valence-electron chi connectivity index (χ4n) is 2.07. The van der Waals surface area contributed by atoms with E-state index in [0.29, 0.717) is 0 Å². The molecular formula is C11H16O5. The number of carbonyl (C=O) groups is 3. The Kier molecular flexibility index (Phi) is 4.46. The Morgan fingerprint density at radius 1 is 1.00 bits per heavy atom. The number of Topliss-reactive ketones (excluding diaryl/α,β-unsaturated/α-hetero) is 1. The fourth-order valence-corrected chi connectivity index (χ4v) is 2.07. The number of carbonyl (C=O) groups excluding carboxylic acids is 1. The van der Waals surface area contributed by atoms with Crippen LogP contribution in [0.4, 0.5) is 0 Å². The van der Waals surface area contributed by atoms with E-state index in [0.717, 1.165) is 32.1 Å². The van der Waals surface area contributed by atoms with Crippen molar-refractivity contribution in [1.29, 1.82) is 0 Å². The molecule has 2 N–H and O–H groups in total. The van der Waals surface area contributed by atoms with E-state index in [1.165, 1.54) is 0 Å². The van der Waals surface area contributed by atoms with Gasteiger partial charge in [-0.3, -0.25) is 14.4 Å². The first kappa shape index (κ1) is 12.7. The largest absolute Gasteiger partial charge is 0.481 e. The number of aliphatic carboxylic acids is 2. The molecule has 0 bridgehead atoms. The number of hydrogen-bond acceptors (Lipinski definition) is 3. The van der Waals surface area contributed by atoms with Crippen LogP contribution in [0, 0.1) is 11.8 Å². The van der Waals surface area contributed by atoms with E-state index < -0.39 is 17.9 Å². The lowest BCUT2D eigenvalue weighted by atomic mass is 9.83. The van der Waals surface area contributed by atoms with Gasteiger partial charge in [0.1, 0.15) is 5.78 Å². The second kappa shape index (κ2) is 5.63. The first-order valence-electron chi connectivity index (χ1n) is 5.50. The summed E-state index contributed by atoms with van der Waals surface area (Å²) in [5.41, 5.74) is 0. The summed E-state index contributed by atoms with van der Waals surface area (Å²) in [7, 11) is 0. The van der Waals surface area contributed by atoms with E-state index in [2.05, 4.69) is 0 Å². The van der Waals surface area contributed by atoms with Gasteiger partial charge in [-0.1, -0.05) is 19.3 Å². The quantitative estimate of drug-likeness (QED) is 0.692. The van der Waals surface area contributed by atoms with Crippen molar-refractivity contribution in [3.63, 3.8) is 0 Å². The van der Waals surface area contributed by atoms with Crippen LogP contribution in [0.15, 0.2) is 0 Å². The second-order valence-corrected chi connectivity index (χ2v) is 4.23. The van der Waals surface area contributed by atoms with E-state index in [1.807, 2.05) is 0 Å². The molecule has 1 fully saturated rings. The van der Waals surface area contributed by atoms with Gasteiger partial charge in [-0.15, -0.1) is 0 Å². The van der Waals surface area contributed by atoms with E-state index in [1.54, 1.807) is 0 Å². The van der Waals surface area contributed by atoms with E-state index in [4.69, 9.17) is 10.2 Å². The molecule has 1 saturated carbocycles. The third kappa shape index (κ3) is 3.32. The van der Waals surface area contributed by atoms with Gasteiger partial charge >= 0.3 is 11.9 Å². The van der Waals surface area contributed by atoms with Crippen LogP contribution in [0.25, 0.3) is 0 Å². The molecule has 1 rings (SSSR count). The molecule has 0 atom stereocenters. The van der Waals surface area contributed by atoms with Crippen LogP contribution in [-0.2, 0) is 14.4 Å². The third-order valence-electron chi connectivity index (χ3n) is 3.06. The summed E-state index contributed by atoms with van der Waals surface area (Å²) in [4.78, 5) is 32.9. The van der Waals surface area contributed by atoms with Gasteiger partial charge in [-0.05, 0) is 12.8 Å². The van der Waals surface area contributed by atoms with Gasteiger partial charge in [0, 0.05) is 12.3 Å². The Morgan fingerprint density at radius 3 is 1.94 bits per heavy atom. The SMILES string of the molecule is O=C(CC(C(=O)O)C(=O)O)C1CCCCC1. The normalized spacial score (nSPS) is 17.3. The molecule has 0 aromatic carbocycles. The summed E-state index contributed by atoms with van der Waals surface area (Å²) in [6.45, 7) is 0. The maximum atomic E-state index is 11.7. The van der Waals surface area contributed by atoms with Crippen molar-refractivity contribution in [2.75, 3.05) is 0 Å². The van der Waals surface area contributed by atoms with Gasteiger partial charge in [-0.25, -0.2) is 0 Å². The zero-order valence-corrected chi connectivity index (χ0v) is 9.02. The minimum atomic E-state index is -1.59. The Balaban J connectivity index is 2.53. The number of rotatable bonds is 5. The molecule has 0 spiro atoms. The van der Waals surface area contributed by atoms with Crippen molar-refractivity contribution in [3.05, 3.63) is 0 Å². The number of carboxylic acids is 2. The highest BCUT2D eigenvalue weighted by Crippen LogP contribution is 2.26. The first-order chi connectivity index (χ1) is 7.52. The molecule has 0 aliphatic heterocycles. The van der Waals surface area contributed by atoms with Crippen molar-refractivity contribution in [1.82, 2.24) is 0 Å². The van der Waals surface area contributed by atoms with Crippen molar-refractivity contribution < 1.29 is 24.6 Å². The fraction of sp³-hybridized carbons (Fsp3) is 0.727. The highest BCUT2D eigenvalue weighted by Gasteiger charge is 2.31. The standard InChI is InChI=1S/C11H16O5/c12-9(7-4-2-1-3-5-7)6-8(10(13)14)11(15)16/h7-8H,1-6H2,(H,13,14)(H,15,16). The maximum Gasteiger partial charge on any atom is 0.318 e. The number of carboxylic acid groups (broad SMARTS) is 2. The Morgan fingerprint density at radius 2 is 1.50 bits per heavy atom. The van der Waals surface area contributed by atoms with E-state index in [-0.39, 0.29) is 18.1 Å². The molecule has 5 heteroatoms. The molecule has 0 aromatic heterocycles. The van der Waals surface area contributed by atoms with Crippen LogP contribution in [0.3, 0.4) is 0 Å². The number of hydrogen-bond donors (Lipinski definition) is 2. The summed E-state index contributed by atoms with van der Waals surface area (Å²) in [6.07, 6.45) is 4.21. The first-order valence-corrected chi connectivity index (χ1v) is 5.50. The van der Waals surface area contributed by atoms with Crippen LogP contribution < -0.4 is 0 Å². The molecule has 0 saturated heterocycles. The summed E-state index contributed by atoms with van der Waals surface area (Å²) < 4.78 is 0. The Hall–Kier alpha value is -1.39. The van der Waals surface area contributed by atoms with Gasteiger partial charge in [0.2, 0.25) is 0 Å². The molecule has 5 nitrogen and oxygen atoms in total. The van der Waals surface area contributed by atoms with Crippen LogP contribution in [0.1, 0.15) is 38.5 Å². The molecule has 16 heavy (non-hydrogen) atoms. The zero-order chi connectivity index (χ0) is 12.1. The van der Waals surface area contributed by atoms with Crippen molar-refractivity contribution >= 4 is 17.7 Å². The Bertz CT molecular complexity index is 277. The van der Waals surface area contributed by atoms with Gasteiger partial charge in [-0.2, -0.15) is 0 Å². The van der Waals surface area contributed by atoms with Crippen molar-refractivity contribution in [3.8, 4) is 0 Å². The minimum absolute atomic E-state index is 0.130. The zero-order valence-electron chi connectivity index (χ0n) is 9.02. The highest BCUT2D eigenvalue weighted by molar-refractivity contribution is 5.98. The summed E-state index contributed by atoms with van der Waals surface area (Å²) in [5.74, 6) is -4.80. The molecular weight excluding hydrogens is 212 g/mol. The predicted octanol–water partition coefficient (Wildman–Crippen LogP) is 1.31. The smallest absolute Gasteiger partial charge is 0.318 e. The molecule has 1 aliphatic rings. The predicted molar refractivity (Wildman–Crippen MR) is 55.0 cm³/mol. The molecule has 1 aliphatic carbocycles. The van der Waals surface area contributed by atoms with Crippen LogP contribution >= 0.6 is 0 Å². The summed E-state index contributed by atoms with van der Waals surface area (Å²) in [5, 5.41) is 17.3. The average Bonchev–Trinajstić information content (AvgIpc) is 2.25. The molecule has 0 amide bonds. The molecule has 0 heterocycles. The van der Waals surface area contributed by atoms with Crippen LogP contribution in [-0.4, -0.2) is 27.9 Å². The maximum absolute atomic E-state index is 11.7. The average molecular weight is 228 g/mol. The topological polar surface area (TPSA) is 91.7 Å². The monoisotopic (exact) mass is 228 g/mol.